The molecule has 0 fully saturated rings. The van der Waals surface area contributed by atoms with Gasteiger partial charge in [-0.1, -0.05) is 35.9 Å². The molecule has 0 bridgehead atoms. The first kappa shape index (κ1) is 24.6. The van der Waals surface area contributed by atoms with Crippen molar-refractivity contribution < 1.29 is 18.3 Å². The van der Waals surface area contributed by atoms with E-state index in [0.717, 1.165) is 5.56 Å². The fourth-order valence-electron chi connectivity index (χ4n) is 2.44. The number of halogens is 3. The smallest absolute Gasteiger partial charge is 0.387 e. The Kier molecular flexibility index (Phi) is 11.0. The van der Waals surface area contributed by atoms with Crippen LogP contribution in [-0.2, 0) is 11.3 Å². The first-order valence-electron chi connectivity index (χ1n) is 8.89. The van der Waals surface area contributed by atoms with E-state index < -0.39 is 6.61 Å². The van der Waals surface area contributed by atoms with Gasteiger partial charge in [0.05, 0.1) is 13.1 Å². The molecule has 0 saturated heterocycles. The number of nitrogens with one attached hydrogen (secondary N) is 3. The van der Waals surface area contributed by atoms with E-state index in [-0.39, 0.29) is 48.7 Å². The van der Waals surface area contributed by atoms with Crippen LogP contribution in [0, 0.1) is 6.92 Å². The van der Waals surface area contributed by atoms with Gasteiger partial charge in [-0.2, -0.15) is 8.78 Å². The Morgan fingerprint density at radius 1 is 1.14 bits per heavy atom. The lowest BCUT2D eigenvalue weighted by Crippen LogP contribution is -2.41. The number of anilines is 1. The average molecular weight is 518 g/mol. The van der Waals surface area contributed by atoms with E-state index in [2.05, 4.69) is 25.7 Å². The third kappa shape index (κ3) is 9.07. The highest BCUT2D eigenvalue weighted by molar-refractivity contribution is 14.0. The summed E-state index contributed by atoms with van der Waals surface area (Å²) in [6.07, 6.45) is 0. The van der Waals surface area contributed by atoms with Crippen LogP contribution in [0.2, 0.25) is 0 Å². The molecule has 29 heavy (non-hydrogen) atoms. The summed E-state index contributed by atoms with van der Waals surface area (Å²) in [5, 5.41) is 8.70. The molecule has 0 aromatic heterocycles. The number of rotatable bonds is 8. The lowest BCUT2D eigenvalue weighted by atomic mass is 10.1. The molecule has 0 radical (unpaired) electrons. The summed E-state index contributed by atoms with van der Waals surface area (Å²) < 4.78 is 29.7. The molecular formula is C20H25F2IN4O2. The predicted molar refractivity (Wildman–Crippen MR) is 121 cm³/mol. The summed E-state index contributed by atoms with van der Waals surface area (Å²) in [7, 11) is 0. The molecule has 158 valence electrons. The van der Waals surface area contributed by atoms with E-state index in [0.29, 0.717) is 23.8 Å². The second kappa shape index (κ2) is 12.9. The zero-order valence-corrected chi connectivity index (χ0v) is 18.6. The molecule has 2 aromatic carbocycles. The van der Waals surface area contributed by atoms with Crippen LogP contribution in [0.3, 0.4) is 0 Å². The lowest BCUT2D eigenvalue weighted by molar-refractivity contribution is -0.115. The van der Waals surface area contributed by atoms with Crippen LogP contribution in [0.5, 0.6) is 5.75 Å². The third-order valence-electron chi connectivity index (χ3n) is 3.66. The minimum absolute atomic E-state index is 0. The number of aryl methyl sites for hydroxylation is 1. The van der Waals surface area contributed by atoms with Gasteiger partial charge in [-0.15, -0.1) is 24.0 Å². The summed E-state index contributed by atoms with van der Waals surface area (Å²) in [5.41, 5.74) is 2.14. The number of guanidine groups is 1. The molecule has 3 N–H and O–H groups in total. The van der Waals surface area contributed by atoms with Crippen LogP contribution in [0.1, 0.15) is 18.1 Å². The van der Waals surface area contributed by atoms with E-state index in [4.69, 9.17) is 0 Å². The normalized spacial score (nSPS) is 10.9. The predicted octanol–water partition coefficient (Wildman–Crippen LogP) is 3.91. The fourth-order valence-corrected chi connectivity index (χ4v) is 2.44. The van der Waals surface area contributed by atoms with Crippen LogP contribution in [0.4, 0.5) is 14.5 Å². The number of benzene rings is 2. The Labute approximate surface area is 186 Å². The number of amides is 1. The quantitative estimate of drug-likeness (QED) is 0.282. The molecule has 0 spiro atoms. The summed E-state index contributed by atoms with van der Waals surface area (Å²) in [5.74, 6) is 0.256. The van der Waals surface area contributed by atoms with Crippen molar-refractivity contribution in [2.45, 2.75) is 27.0 Å². The maximum Gasteiger partial charge on any atom is 0.387 e. The topological polar surface area (TPSA) is 74.8 Å². The molecule has 6 nitrogen and oxygen atoms in total. The van der Waals surface area contributed by atoms with Crippen LogP contribution in [-0.4, -0.2) is 31.6 Å². The summed E-state index contributed by atoms with van der Waals surface area (Å²) in [4.78, 5) is 16.4. The standard InChI is InChI=1S/C20H24F2N4O2.HI/c1-3-23-20(25-13-18(27)26-16-7-5-4-6-8-16)24-12-15-11-14(2)9-10-17(15)28-19(21)22;/h4-11,19H,3,12-13H2,1-2H3,(H,26,27)(H2,23,24,25);1H. The largest absolute Gasteiger partial charge is 0.434 e. The minimum Gasteiger partial charge on any atom is -0.434 e. The van der Waals surface area contributed by atoms with E-state index in [1.54, 1.807) is 24.3 Å². The van der Waals surface area contributed by atoms with Crippen molar-refractivity contribution >= 4 is 41.5 Å². The van der Waals surface area contributed by atoms with Gasteiger partial charge in [0, 0.05) is 17.8 Å². The van der Waals surface area contributed by atoms with Crippen LogP contribution in [0.15, 0.2) is 53.5 Å². The van der Waals surface area contributed by atoms with E-state index in [1.165, 1.54) is 6.07 Å². The van der Waals surface area contributed by atoms with Crippen molar-refractivity contribution in [3.8, 4) is 5.75 Å². The van der Waals surface area contributed by atoms with Crippen molar-refractivity contribution in [2.75, 3.05) is 18.4 Å². The molecule has 2 aromatic rings. The first-order valence-corrected chi connectivity index (χ1v) is 8.89. The third-order valence-corrected chi connectivity index (χ3v) is 3.66. The van der Waals surface area contributed by atoms with Gasteiger partial charge in [0.1, 0.15) is 5.75 Å². The average Bonchev–Trinajstić information content (AvgIpc) is 2.66. The number of hydrogen-bond donors (Lipinski definition) is 3. The minimum atomic E-state index is -2.90. The highest BCUT2D eigenvalue weighted by Gasteiger charge is 2.10. The van der Waals surface area contributed by atoms with E-state index >= 15 is 0 Å². The molecule has 1 amide bonds. The number of carbonyl (C=O) groups is 1. The first-order chi connectivity index (χ1) is 13.5. The highest BCUT2D eigenvalue weighted by atomic mass is 127. The Balaban J connectivity index is 0.00000420. The fraction of sp³-hybridized carbons (Fsp3) is 0.300. The maximum atomic E-state index is 12.6. The second-order valence-corrected chi connectivity index (χ2v) is 5.95. The Morgan fingerprint density at radius 2 is 1.86 bits per heavy atom. The van der Waals surface area contributed by atoms with E-state index in [1.807, 2.05) is 32.0 Å². The van der Waals surface area contributed by atoms with Gasteiger partial charge in [-0.05, 0) is 32.0 Å². The molecule has 0 aliphatic rings. The lowest BCUT2D eigenvalue weighted by Gasteiger charge is -2.13. The number of carbonyl (C=O) groups excluding carboxylic acids is 1. The van der Waals surface area contributed by atoms with Gasteiger partial charge in [0.15, 0.2) is 5.96 Å². The number of nitrogens with zero attached hydrogens (tertiary/aromatic N) is 1. The van der Waals surface area contributed by atoms with Crippen LogP contribution in [0.25, 0.3) is 0 Å². The number of aliphatic imine (C=N–C) groups is 1. The van der Waals surface area contributed by atoms with Crippen molar-refractivity contribution in [1.82, 2.24) is 10.6 Å². The summed E-state index contributed by atoms with van der Waals surface area (Å²) in [6, 6.07) is 14.0. The Bertz CT molecular complexity index is 804. The summed E-state index contributed by atoms with van der Waals surface area (Å²) in [6.45, 7) is 1.56. The highest BCUT2D eigenvalue weighted by Crippen LogP contribution is 2.22. The molecule has 0 heterocycles. The van der Waals surface area contributed by atoms with Gasteiger partial charge >= 0.3 is 6.61 Å². The van der Waals surface area contributed by atoms with Gasteiger partial charge in [-0.3, -0.25) is 4.79 Å². The van der Waals surface area contributed by atoms with E-state index in [9.17, 15) is 13.6 Å². The maximum absolute atomic E-state index is 12.6. The molecule has 0 unspecified atom stereocenters. The van der Waals surface area contributed by atoms with Gasteiger partial charge in [0.25, 0.3) is 0 Å². The molecule has 0 atom stereocenters. The van der Waals surface area contributed by atoms with Crippen LogP contribution < -0.4 is 20.7 Å². The van der Waals surface area contributed by atoms with Crippen molar-refractivity contribution in [1.29, 1.82) is 0 Å². The Morgan fingerprint density at radius 3 is 2.52 bits per heavy atom. The van der Waals surface area contributed by atoms with Gasteiger partial charge in [0.2, 0.25) is 5.91 Å². The number of alkyl halides is 2. The number of para-hydroxylation sites is 1. The van der Waals surface area contributed by atoms with Crippen molar-refractivity contribution in [3.63, 3.8) is 0 Å². The molecule has 9 heteroatoms. The molecule has 2 rings (SSSR count). The zero-order valence-electron chi connectivity index (χ0n) is 16.2. The molecule has 0 aliphatic heterocycles. The SMILES string of the molecule is CCNC(=NCc1cc(C)ccc1OC(F)F)NCC(=O)Nc1ccccc1.I. The van der Waals surface area contributed by atoms with Crippen molar-refractivity contribution in [2.24, 2.45) is 4.99 Å². The molecule has 0 saturated carbocycles. The summed E-state index contributed by atoms with van der Waals surface area (Å²) >= 11 is 0. The van der Waals surface area contributed by atoms with Gasteiger partial charge in [-0.25, -0.2) is 4.99 Å². The zero-order chi connectivity index (χ0) is 20.4. The molecular weight excluding hydrogens is 493 g/mol. The van der Waals surface area contributed by atoms with Crippen molar-refractivity contribution in [3.05, 3.63) is 59.7 Å². The number of ether oxygens (including phenoxy) is 1. The molecule has 0 aliphatic carbocycles. The van der Waals surface area contributed by atoms with Gasteiger partial charge < -0.3 is 20.7 Å². The monoisotopic (exact) mass is 518 g/mol. The Hall–Kier alpha value is -2.43. The number of hydrogen-bond acceptors (Lipinski definition) is 3. The second-order valence-electron chi connectivity index (χ2n) is 5.95. The van der Waals surface area contributed by atoms with Crippen LogP contribution >= 0.6 is 24.0 Å².